The molecule has 0 aromatic heterocycles. The molecular formula is C12H26O2. The summed E-state index contributed by atoms with van der Waals surface area (Å²) >= 11 is 0. The number of ether oxygens (including phenoxy) is 1. The summed E-state index contributed by atoms with van der Waals surface area (Å²) in [6, 6.07) is 0. The van der Waals surface area contributed by atoms with Crippen LogP contribution in [0.15, 0.2) is 0 Å². The fourth-order valence-corrected chi connectivity index (χ4v) is 1.40. The van der Waals surface area contributed by atoms with Crippen molar-refractivity contribution in [2.24, 2.45) is 5.92 Å². The van der Waals surface area contributed by atoms with E-state index < -0.39 is 0 Å². The van der Waals surface area contributed by atoms with Crippen LogP contribution in [-0.2, 0) is 4.74 Å². The van der Waals surface area contributed by atoms with Crippen molar-refractivity contribution in [3.63, 3.8) is 0 Å². The van der Waals surface area contributed by atoms with E-state index in [1.165, 1.54) is 12.8 Å². The van der Waals surface area contributed by atoms with Crippen molar-refractivity contribution < 1.29 is 9.84 Å². The first-order valence-corrected chi connectivity index (χ1v) is 5.89. The Balaban J connectivity index is 3.15. The fraction of sp³-hybridized carbons (Fsp3) is 1.00. The van der Waals surface area contributed by atoms with Gasteiger partial charge >= 0.3 is 0 Å². The van der Waals surface area contributed by atoms with E-state index in [1.54, 1.807) is 0 Å². The Hall–Kier alpha value is -0.0800. The molecule has 14 heavy (non-hydrogen) atoms. The number of aliphatic hydroxyl groups is 1. The maximum Gasteiger partial charge on any atom is 0.0547 e. The quantitative estimate of drug-likeness (QED) is 0.582. The zero-order valence-corrected chi connectivity index (χ0v) is 9.96. The van der Waals surface area contributed by atoms with Gasteiger partial charge in [-0.15, -0.1) is 0 Å². The molecule has 1 N–H and O–H groups in total. The van der Waals surface area contributed by atoms with Crippen LogP contribution in [0.25, 0.3) is 0 Å². The van der Waals surface area contributed by atoms with Gasteiger partial charge in [0.2, 0.25) is 0 Å². The minimum absolute atomic E-state index is 0.283. The lowest BCUT2D eigenvalue weighted by Gasteiger charge is -2.13. The predicted octanol–water partition coefficient (Wildman–Crippen LogP) is 2.99. The highest BCUT2D eigenvalue weighted by molar-refractivity contribution is 4.53. The lowest BCUT2D eigenvalue weighted by Crippen LogP contribution is -2.09. The number of rotatable bonds is 9. The Kier molecular flexibility index (Phi) is 9.42. The second kappa shape index (κ2) is 9.47. The molecule has 0 aromatic rings. The smallest absolute Gasteiger partial charge is 0.0547 e. The second-order valence-corrected chi connectivity index (χ2v) is 4.44. The maximum absolute atomic E-state index is 8.58. The van der Waals surface area contributed by atoms with Crippen molar-refractivity contribution in [3.05, 3.63) is 0 Å². The highest BCUT2D eigenvalue weighted by Crippen LogP contribution is 2.10. The van der Waals surface area contributed by atoms with Gasteiger partial charge in [0.25, 0.3) is 0 Å². The highest BCUT2D eigenvalue weighted by Gasteiger charge is 2.02. The monoisotopic (exact) mass is 202 g/mol. The van der Waals surface area contributed by atoms with Gasteiger partial charge in [-0.3, -0.25) is 0 Å². The molecule has 1 unspecified atom stereocenters. The van der Waals surface area contributed by atoms with Crippen molar-refractivity contribution in [2.45, 2.75) is 59.0 Å². The van der Waals surface area contributed by atoms with E-state index in [4.69, 9.17) is 9.84 Å². The van der Waals surface area contributed by atoms with E-state index in [9.17, 15) is 0 Å². The predicted molar refractivity (Wildman–Crippen MR) is 60.4 cm³/mol. The zero-order chi connectivity index (χ0) is 10.8. The lowest BCUT2D eigenvalue weighted by atomic mass is 10.0. The van der Waals surface area contributed by atoms with Gasteiger partial charge in [0.05, 0.1) is 6.10 Å². The van der Waals surface area contributed by atoms with Crippen LogP contribution >= 0.6 is 0 Å². The van der Waals surface area contributed by atoms with Gasteiger partial charge in [-0.05, 0) is 32.1 Å². The topological polar surface area (TPSA) is 29.5 Å². The third kappa shape index (κ3) is 10.0. The number of hydrogen-bond acceptors (Lipinski definition) is 2. The molecule has 86 valence electrons. The number of hydrogen-bond donors (Lipinski definition) is 1. The van der Waals surface area contributed by atoms with Crippen LogP contribution in [0.1, 0.15) is 52.9 Å². The Morgan fingerprint density at radius 1 is 1.00 bits per heavy atom. The third-order valence-electron chi connectivity index (χ3n) is 2.35. The number of unbranched alkanes of at least 4 members (excludes halogenated alkanes) is 1. The van der Waals surface area contributed by atoms with Crippen molar-refractivity contribution in [2.75, 3.05) is 13.2 Å². The van der Waals surface area contributed by atoms with E-state index in [2.05, 4.69) is 20.8 Å². The Morgan fingerprint density at radius 2 is 1.71 bits per heavy atom. The largest absolute Gasteiger partial charge is 0.396 e. The molecule has 0 aliphatic carbocycles. The SMILES string of the molecule is CC(C)CCCC(C)OCCCCO. The van der Waals surface area contributed by atoms with Crippen LogP contribution < -0.4 is 0 Å². The average molecular weight is 202 g/mol. The summed E-state index contributed by atoms with van der Waals surface area (Å²) in [5, 5.41) is 8.58. The van der Waals surface area contributed by atoms with Gasteiger partial charge in [-0.1, -0.05) is 26.7 Å². The van der Waals surface area contributed by atoms with Crippen molar-refractivity contribution in [1.29, 1.82) is 0 Å². The van der Waals surface area contributed by atoms with E-state index in [0.717, 1.165) is 31.8 Å². The summed E-state index contributed by atoms with van der Waals surface area (Å²) in [6.07, 6.45) is 5.94. The van der Waals surface area contributed by atoms with Gasteiger partial charge in [-0.2, -0.15) is 0 Å². The van der Waals surface area contributed by atoms with Crippen LogP contribution in [0.4, 0.5) is 0 Å². The van der Waals surface area contributed by atoms with Crippen molar-refractivity contribution >= 4 is 0 Å². The molecule has 0 bridgehead atoms. The normalized spacial score (nSPS) is 13.5. The van der Waals surface area contributed by atoms with Crippen LogP contribution in [0.5, 0.6) is 0 Å². The van der Waals surface area contributed by atoms with Crippen molar-refractivity contribution in [1.82, 2.24) is 0 Å². The summed E-state index contributed by atoms with van der Waals surface area (Å²) < 4.78 is 5.61. The van der Waals surface area contributed by atoms with E-state index in [0.29, 0.717) is 6.10 Å². The molecule has 0 aliphatic rings. The molecule has 0 aliphatic heterocycles. The van der Waals surface area contributed by atoms with E-state index >= 15 is 0 Å². The van der Waals surface area contributed by atoms with Gasteiger partial charge in [0, 0.05) is 13.2 Å². The van der Waals surface area contributed by atoms with Gasteiger partial charge in [0.15, 0.2) is 0 Å². The number of aliphatic hydroxyl groups excluding tert-OH is 1. The molecule has 0 radical (unpaired) electrons. The standard InChI is InChI=1S/C12H26O2/c1-11(2)7-6-8-12(3)14-10-5-4-9-13/h11-13H,4-10H2,1-3H3. The summed E-state index contributed by atoms with van der Waals surface area (Å²) in [5.41, 5.74) is 0. The molecule has 0 saturated carbocycles. The molecule has 0 heterocycles. The second-order valence-electron chi connectivity index (χ2n) is 4.44. The Morgan fingerprint density at radius 3 is 2.29 bits per heavy atom. The van der Waals surface area contributed by atoms with Gasteiger partial charge in [0.1, 0.15) is 0 Å². The third-order valence-corrected chi connectivity index (χ3v) is 2.35. The minimum Gasteiger partial charge on any atom is -0.396 e. The van der Waals surface area contributed by atoms with Crippen LogP contribution in [0, 0.1) is 5.92 Å². The molecule has 0 saturated heterocycles. The molecule has 0 spiro atoms. The molecule has 0 rings (SSSR count). The maximum atomic E-state index is 8.58. The first-order chi connectivity index (χ1) is 6.66. The van der Waals surface area contributed by atoms with Crippen LogP contribution in [0.3, 0.4) is 0 Å². The molecular weight excluding hydrogens is 176 g/mol. The molecule has 0 aromatic carbocycles. The van der Waals surface area contributed by atoms with E-state index in [1.807, 2.05) is 0 Å². The first-order valence-electron chi connectivity index (χ1n) is 5.89. The molecule has 2 heteroatoms. The molecule has 2 nitrogen and oxygen atoms in total. The van der Waals surface area contributed by atoms with E-state index in [-0.39, 0.29) is 6.61 Å². The Bertz CT molecular complexity index is 113. The van der Waals surface area contributed by atoms with Gasteiger partial charge in [-0.25, -0.2) is 0 Å². The van der Waals surface area contributed by atoms with Crippen molar-refractivity contribution in [3.8, 4) is 0 Å². The summed E-state index contributed by atoms with van der Waals surface area (Å²) in [7, 11) is 0. The van der Waals surface area contributed by atoms with Crippen LogP contribution in [-0.4, -0.2) is 24.4 Å². The van der Waals surface area contributed by atoms with Crippen LogP contribution in [0.2, 0.25) is 0 Å². The molecule has 1 atom stereocenters. The fourth-order valence-electron chi connectivity index (χ4n) is 1.40. The van der Waals surface area contributed by atoms with Gasteiger partial charge < -0.3 is 9.84 Å². The molecule has 0 fully saturated rings. The Labute approximate surface area is 88.7 Å². The summed E-state index contributed by atoms with van der Waals surface area (Å²) in [6.45, 7) is 7.73. The zero-order valence-electron chi connectivity index (χ0n) is 9.96. The first kappa shape index (κ1) is 13.9. The summed E-state index contributed by atoms with van der Waals surface area (Å²) in [5.74, 6) is 0.802. The summed E-state index contributed by atoms with van der Waals surface area (Å²) in [4.78, 5) is 0. The average Bonchev–Trinajstić information content (AvgIpc) is 2.12. The lowest BCUT2D eigenvalue weighted by molar-refractivity contribution is 0.0533. The minimum atomic E-state index is 0.283. The highest BCUT2D eigenvalue weighted by atomic mass is 16.5. The molecule has 0 amide bonds.